The van der Waals surface area contributed by atoms with E-state index in [1.54, 1.807) is 0 Å². The number of nitrogens with one attached hydrogen (secondary N) is 1. The summed E-state index contributed by atoms with van der Waals surface area (Å²) in [7, 11) is 0. The van der Waals surface area contributed by atoms with Gasteiger partial charge in [0.15, 0.2) is 0 Å². The van der Waals surface area contributed by atoms with Crippen molar-refractivity contribution >= 4 is 11.4 Å². The first-order valence-corrected chi connectivity index (χ1v) is 8.04. The summed E-state index contributed by atoms with van der Waals surface area (Å²) in [6.45, 7) is 10.0. The fourth-order valence-corrected chi connectivity index (χ4v) is 3.19. The van der Waals surface area contributed by atoms with Crippen molar-refractivity contribution in [1.82, 2.24) is 0 Å². The third-order valence-electron chi connectivity index (χ3n) is 4.51. The highest BCUT2D eigenvalue weighted by Gasteiger charge is 2.24. The van der Waals surface area contributed by atoms with Crippen molar-refractivity contribution in [3.8, 4) is 11.1 Å². The lowest BCUT2D eigenvalue weighted by Crippen LogP contribution is -2.35. The van der Waals surface area contributed by atoms with Gasteiger partial charge in [-0.15, -0.1) is 0 Å². The number of benzene rings is 2. The lowest BCUT2D eigenvalue weighted by Gasteiger charge is -2.17. The van der Waals surface area contributed by atoms with Gasteiger partial charge in [0.1, 0.15) is 5.69 Å². The maximum Gasteiger partial charge on any atom is 0.250 e. The largest absolute Gasteiger partial charge is 0.352 e. The van der Waals surface area contributed by atoms with Gasteiger partial charge in [-0.3, -0.25) is 9.59 Å². The first-order chi connectivity index (χ1) is 11.3. The van der Waals surface area contributed by atoms with Crippen LogP contribution in [0.3, 0.4) is 0 Å². The molecule has 3 rings (SSSR count). The molecule has 0 heterocycles. The summed E-state index contributed by atoms with van der Waals surface area (Å²) in [6, 6.07) is 10.1. The van der Waals surface area contributed by atoms with Crippen LogP contribution in [0.1, 0.15) is 27.8 Å². The second kappa shape index (κ2) is 5.75. The van der Waals surface area contributed by atoms with Gasteiger partial charge in [0, 0.05) is 5.69 Å². The number of rotatable bonds is 3. The molecule has 0 spiro atoms. The summed E-state index contributed by atoms with van der Waals surface area (Å²) >= 11 is 0. The Morgan fingerprint density at radius 2 is 1.25 bits per heavy atom. The van der Waals surface area contributed by atoms with Crippen molar-refractivity contribution in [3.63, 3.8) is 0 Å². The minimum absolute atomic E-state index is 0.399. The fourth-order valence-electron chi connectivity index (χ4n) is 3.19. The van der Waals surface area contributed by atoms with E-state index in [9.17, 15) is 9.59 Å². The Bertz CT molecular complexity index is 1000. The van der Waals surface area contributed by atoms with E-state index in [0.717, 1.165) is 33.5 Å². The normalized spacial score (nSPS) is 11.0. The van der Waals surface area contributed by atoms with Crippen LogP contribution in [0.4, 0.5) is 11.4 Å². The Morgan fingerprint density at radius 1 is 0.667 bits per heavy atom. The topological polar surface area (TPSA) is 46.2 Å². The molecule has 0 amide bonds. The number of aryl methyl sites for hydroxylation is 5. The molecule has 0 fully saturated rings. The van der Waals surface area contributed by atoms with Crippen molar-refractivity contribution in [1.29, 1.82) is 0 Å². The zero-order valence-electron chi connectivity index (χ0n) is 14.7. The second-order valence-electron chi connectivity index (χ2n) is 6.66. The van der Waals surface area contributed by atoms with Crippen LogP contribution < -0.4 is 16.2 Å². The molecule has 0 aliphatic rings. The quantitative estimate of drug-likeness (QED) is 0.735. The van der Waals surface area contributed by atoms with Gasteiger partial charge in [-0.25, -0.2) is 0 Å². The Labute approximate surface area is 141 Å². The molecular weight excluding hydrogens is 298 g/mol. The predicted molar refractivity (Wildman–Crippen MR) is 100 cm³/mol. The Balaban J connectivity index is 2.10. The summed E-state index contributed by atoms with van der Waals surface area (Å²) < 4.78 is 0. The molecule has 0 saturated carbocycles. The van der Waals surface area contributed by atoms with E-state index >= 15 is 0 Å². The summed E-state index contributed by atoms with van der Waals surface area (Å²) in [5, 5.41) is 3.16. The van der Waals surface area contributed by atoms with Crippen LogP contribution in [-0.4, -0.2) is 0 Å². The van der Waals surface area contributed by atoms with Crippen molar-refractivity contribution in [2.45, 2.75) is 34.6 Å². The first kappa shape index (κ1) is 16.2. The lowest BCUT2D eigenvalue weighted by atomic mass is 9.91. The smallest absolute Gasteiger partial charge is 0.250 e. The SMILES string of the molecule is Cc1cc(C)cc(Nc2c(-c3cc(C)c(C)cc3C)c(=O)c2=O)c1. The van der Waals surface area contributed by atoms with Crippen LogP contribution in [0.25, 0.3) is 11.1 Å². The second-order valence-corrected chi connectivity index (χ2v) is 6.66. The molecule has 0 atom stereocenters. The minimum atomic E-state index is -0.443. The molecule has 0 bridgehead atoms. The van der Waals surface area contributed by atoms with Crippen LogP contribution in [0.5, 0.6) is 0 Å². The third-order valence-corrected chi connectivity index (χ3v) is 4.51. The summed E-state index contributed by atoms with van der Waals surface area (Å²) in [4.78, 5) is 24.3. The number of hydrogen-bond acceptors (Lipinski definition) is 3. The van der Waals surface area contributed by atoms with Crippen molar-refractivity contribution in [2.24, 2.45) is 0 Å². The third kappa shape index (κ3) is 2.67. The highest BCUT2D eigenvalue weighted by atomic mass is 16.2. The monoisotopic (exact) mass is 319 g/mol. The van der Waals surface area contributed by atoms with Gasteiger partial charge in [-0.2, -0.15) is 0 Å². The molecule has 0 aliphatic heterocycles. The highest BCUT2D eigenvalue weighted by Crippen LogP contribution is 2.31. The van der Waals surface area contributed by atoms with E-state index in [1.165, 1.54) is 5.56 Å². The molecule has 0 saturated heterocycles. The molecule has 3 aromatic rings. The number of hydrogen-bond donors (Lipinski definition) is 1. The summed E-state index contributed by atoms with van der Waals surface area (Å²) in [5.74, 6) is 0. The van der Waals surface area contributed by atoms with E-state index in [-0.39, 0.29) is 0 Å². The van der Waals surface area contributed by atoms with Crippen LogP contribution >= 0.6 is 0 Å². The molecule has 3 aromatic carbocycles. The molecule has 122 valence electrons. The van der Waals surface area contributed by atoms with E-state index in [1.807, 2.05) is 52.8 Å². The fraction of sp³-hybridized carbons (Fsp3) is 0.238. The van der Waals surface area contributed by atoms with Crippen LogP contribution in [0.2, 0.25) is 0 Å². The van der Waals surface area contributed by atoms with Crippen LogP contribution in [-0.2, 0) is 0 Å². The first-order valence-electron chi connectivity index (χ1n) is 8.04. The van der Waals surface area contributed by atoms with Crippen LogP contribution in [0, 0.1) is 34.6 Å². The summed E-state index contributed by atoms with van der Waals surface area (Å²) in [5.41, 5.74) is 7.25. The molecule has 3 heteroatoms. The maximum atomic E-state index is 12.2. The van der Waals surface area contributed by atoms with Gasteiger partial charge in [-0.05, 0) is 80.1 Å². The standard InChI is InChI=1S/C21H21NO2/c1-11-6-12(2)8-16(7-11)22-19-18(20(23)21(19)24)17-10-14(4)13(3)9-15(17)5/h6-10,22H,1-5H3. The molecule has 0 aromatic heterocycles. The Kier molecular flexibility index (Phi) is 3.88. The van der Waals surface area contributed by atoms with Gasteiger partial charge in [0.25, 0.3) is 5.43 Å². The molecule has 0 aliphatic carbocycles. The van der Waals surface area contributed by atoms with E-state index in [0.29, 0.717) is 11.3 Å². The minimum Gasteiger partial charge on any atom is -0.352 e. The zero-order valence-corrected chi connectivity index (χ0v) is 14.7. The molecule has 1 N–H and O–H groups in total. The highest BCUT2D eigenvalue weighted by molar-refractivity contribution is 5.86. The molecule has 3 nitrogen and oxygen atoms in total. The Hall–Kier alpha value is -2.68. The van der Waals surface area contributed by atoms with Gasteiger partial charge in [0.05, 0.1) is 5.56 Å². The van der Waals surface area contributed by atoms with Crippen molar-refractivity contribution in [2.75, 3.05) is 5.32 Å². The van der Waals surface area contributed by atoms with Crippen LogP contribution in [0.15, 0.2) is 39.9 Å². The molecule has 24 heavy (non-hydrogen) atoms. The van der Waals surface area contributed by atoms with Gasteiger partial charge < -0.3 is 5.32 Å². The number of anilines is 2. The van der Waals surface area contributed by atoms with Gasteiger partial charge in [-0.1, -0.05) is 18.2 Å². The molecular formula is C21H21NO2. The van der Waals surface area contributed by atoms with E-state index < -0.39 is 10.9 Å². The van der Waals surface area contributed by atoms with Gasteiger partial charge >= 0.3 is 0 Å². The lowest BCUT2D eigenvalue weighted by molar-refractivity contribution is 1.28. The maximum absolute atomic E-state index is 12.2. The summed E-state index contributed by atoms with van der Waals surface area (Å²) in [6.07, 6.45) is 0. The predicted octanol–water partition coefficient (Wildman–Crippen LogP) is 4.24. The van der Waals surface area contributed by atoms with E-state index in [4.69, 9.17) is 0 Å². The zero-order chi connectivity index (χ0) is 17.6. The average molecular weight is 319 g/mol. The van der Waals surface area contributed by atoms with Crippen molar-refractivity contribution < 1.29 is 0 Å². The molecule has 0 radical (unpaired) electrons. The van der Waals surface area contributed by atoms with Gasteiger partial charge in [0.2, 0.25) is 5.43 Å². The average Bonchev–Trinajstić information content (AvgIpc) is 2.50. The van der Waals surface area contributed by atoms with Crippen molar-refractivity contribution in [3.05, 3.63) is 78.6 Å². The Morgan fingerprint density at radius 3 is 1.88 bits per heavy atom. The molecule has 0 unspecified atom stereocenters. The van der Waals surface area contributed by atoms with E-state index in [2.05, 4.69) is 17.4 Å².